The lowest BCUT2D eigenvalue weighted by Crippen LogP contribution is -2.25. The van der Waals surface area contributed by atoms with E-state index in [1.165, 1.54) is 0 Å². The number of carbonyl (C=O) groups is 1. The van der Waals surface area contributed by atoms with Gasteiger partial charge in [0, 0.05) is 18.8 Å². The molecular weight excluding hydrogens is 178 g/mol. The lowest BCUT2D eigenvalue weighted by molar-refractivity contribution is 0.0946. The average Bonchev–Trinajstić information content (AvgIpc) is 2.90. The van der Waals surface area contributed by atoms with Gasteiger partial charge in [-0.15, -0.1) is 0 Å². The summed E-state index contributed by atoms with van der Waals surface area (Å²) in [5.41, 5.74) is 7.03. The third-order valence-electron chi connectivity index (χ3n) is 2.38. The Morgan fingerprint density at radius 1 is 1.71 bits per heavy atom. The Labute approximate surface area is 83.1 Å². The van der Waals surface area contributed by atoms with Crippen molar-refractivity contribution in [1.82, 2.24) is 9.88 Å². The molecule has 1 aliphatic rings. The predicted molar refractivity (Wildman–Crippen MR) is 55.1 cm³/mol. The van der Waals surface area contributed by atoms with E-state index in [1.807, 2.05) is 17.7 Å². The number of rotatable bonds is 3. The molecule has 1 aliphatic carbocycles. The first-order valence-electron chi connectivity index (χ1n) is 4.98. The highest BCUT2D eigenvalue weighted by Gasteiger charge is 2.27. The fourth-order valence-corrected chi connectivity index (χ4v) is 1.59. The van der Waals surface area contributed by atoms with E-state index in [4.69, 9.17) is 5.73 Å². The van der Waals surface area contributed by atoms with Crippen LogP contribution in [0, 0.1) is 0 Å². The minimum Gasteiger partial charge on any atom is -0.397 e. The number of hydrogen-bond acceptors (Lipinski definition) is 2. The van der Waals surface area contributed by atoms with E-state index < -0.39 is 0 Å². The summed E-state index contributed by atoms with van der Waals surface area (Å²) in [5.74, 6) is -0.0314. The fraction of sp³-hybridized carbons (Fsp3) is 0.500. The summed E-state index contributed by atoms with van der Waals surface area (Å²) in [7, 11) is 0. The number of hydrogen-bond donors (Lipinski definition) is 2. The molecule has 4 heteroatoms. The van der Waals surface area contributed by atoms with Gasteiger partial charge in [0.1, 0.15) is 5.69 Å². The van der Waals surface area contributed by atoms with Crippen LogP contribution in [0.25, 0.3) is 0 Å². The first-order chi connectivity index (χ1) is 6.72. The van der Waals surface area contributed by atoms with Gasteiger partial charge in [0.2, 0.25) is 0 Å². The van der Waals surface area contributed by atoms with E-state index >= 15 is 0 Å². The standard InChI is InChI=1S/C10H15N3O/c1-2-12-10(14)9-5-7(11)6-13(9)8-3-4-8/h5-6,8H,2-4,11H2,1H3,(H,12,14). The van der Waals surface area contributed by atoms with Crippen molar-refractivity contribution in [2.45, 2.75) is 25.8 Å². The molecule has 1 aromatic rings. The Morgan fingerprint density at radius 2 is 2.43 bits per heavy atom. The number of nitrogen functional groups attached to an aromatic ring is 1. The number of nitrogens with two attached hydrogens (primary N) is 1. The summed E-state index contributed by atoms with van der Waals surface area (Å²) in [5, 5.41) is 2.78. The van der Waals surface area contributed by atoms with Crippen molar-refractivity contribution in [3.05, 3.63) is 18.0 Å². The molecule has 0 spiro atoms. The van der Waals surface area contributed by atoms with Gasteiger partial charge in [0.25, 0.3) is 5.91 Å². The van der Waals surface area contributed by atoms with E-state index in [-0.39, 0.29) is 5.91 Å². The van der Waals surface area contributed by atoms with Gasteiger partial charge >= 0.3 is 0 Å². The van der Waals surface area contributed by atoms with E-state index in [2.05, 4.69) is 5.32 Å². The van der Waals surface area contributed by atoms with Gasteiger partial charge in [-0.25, -0.2) is 0 Å². The molecule has 1 amide bonds. The van der Waals surface area contributed by atoms with Crippen LogP contribution >= 0.6 is 0 Å². The fourth-order valence-electron chi connectivity index (χ4n) is 1.59. The second-order valence-electron chi connectivity index (χ2n) is 3.66. The molecule has 76 valence electrons. The monoisotopic (exact) mass is 193 g/mol. The quantitative estimate of drug-likeness (QED) is 0.756. The molecule has 0 aliphatic heterocycles. The predicted octanol–water partition coefficient (Wildman–Crippen LogP) is 1.15. The maximum Gasteiger partial charge on any atom is 0.267 e. The molecule has 2 rings (SSSR count). The topological polar surface area (TPSA) is 60.1 Å². The van der Waals surface area contributed by atoms with Crippen molar-refractivity contribution < 1.29 is 4.79 Å². The lowest BCUT2D eigenvalue weighted by atomic mass is 10.4. The number of anilines is 1. The Bertz CT molecular complexity index is 352. The molecule has 0 saturated heterocycles. The zero-order valence-corrected chi connectivity index (χ0v) is 8.29. The number of nitrogens with one attached hydrogen (secondary N) is 1. The summed E-state index contributed by atoms with van der Waals surface area (Å²) in [6.45, 7) is 2.56. The number of aromatic nitrogens is 1. The molecule has 0 aromatic carbocycles. The molecule has 4 nitrogen and oxygen atoms in total. The molecule has 3 N–H and O–H groups in total. The maximum atomic E-state index is 11.6. The van der Waals surface area contributed by atoms with Crippen molar-refractivity contribution >= 4 is 11.6 Å². The van der Waals surface area contributed by atoms with Crippen LogP contribution in [0.15, 0.2) is 12.3 Å². The highest BCUT2D eigenvalue weighted by Crippen LogP contribution is 2.37. The first kappa shape index (κ1) is 9.12. The Kier molecular flexibility index (Phi) is 2.19. The van der Waals surface area contributed by atoms with Crippen LogP contribution in [0.5, 0.6) is 0 Å². The normalized spacial score (nSPS) is 15.5. The Hall–Kier alpha value is -1.45. The minimum atomic E-state index is -0.0314. The third-order valence-corrected chi connectivity index (χ3v) is 2.38. The number of carbonyl (C=O) groups excluding carboxylic acids is 1. The maximum absolute atomic E-state index is 11.6. The minimum absolute atomic E-state index is 0.0314. The van der Waals surface area contributed by atoms with Crippen molar-refractivity contribution in [1.29, 1.82) is 0 Å². The SMILES string of the molecule is CCNC(=O)c1cc(N)cn1C1CC1. The van der Waals surface area contributed by atoms with Gasteiger partial charge in [0.05, 0.1) is 5.69 Å². The lowest BCUT2D eigenvalue weighted by Gasteiger charge is -2.06. The van der Waals surface area contributed by atoms with Crippen LogP contribution < -0.4 is 11.1 Å². The Morgan fingerprint density at radius 3 is 3.00 bits per heavy atom. The average molecular weight is 193 g/mol. The summed E-state index contributed by atoms with van der Waals surface area (Å²) >= 11 is 0. The van der Waals surface area contributed by atoms with Crippen LogP contribution in [0.2, 0.25) is 0 Å². The third kappa shape index (κ3) is 1.60. The summed E-state index contributed by atoms with van der Waals surface area (Å²) in [4.78, 5) is 11.6. The van der Waals surface area contributed by atoms with Crippen LogP contribution in [0.1, 0.15) is 36.3 Å². The number of amides is 1. The van der Waals surface area contributed by atoms with Crippen LogP contribution in [0.3, 0.4) is 0 Å². The zero-order chi connectivity index (χ0) is 10.1. The zero-order valence-electron chi connectivity index (χ0n) is 8.29. The molecule has 1 saturated carbocycles. The molecule has 0 unspecified atom stereocenters. The first-order valence-corrected chi connectivity index (χ1v) is 4.98. The molecule has 14 heavy (non-hydrogen) atoms. The van der Waals surface area contributed by atoms with Crippen molar-refractivity contribution in [2.24, 2.45) is 0 Å². The van der Waals surface area contributed by atoms with Gasteiger partial charge in [-0.1, -0.05) is 0 Å². The molecule has 0 bridgehead atoms. The molecule has 1 heterocycles. The highest BCUT2D eigenvalue weighted by atomic mass is 16.1. The van der Waals surface area contributed by atoms with E-state index in [0.29, 0.717) is 24.0 Å². The molecule has 1 fully saturated rings. The molecular formula is C10H15N3O. The van der Waals surface area contributed by atoms with Crippen LogP contribution in [-0.2, 0) is 0 Å². The van der Waals surface area contributed by atoms with Gasteiger partial charge in [0.15, 0.2) is 0 Å². The summed E-state index contributed by atoms with van der Waals surface area (Å²) in [6, 6.07) is 2.23. The van der Waals surface area contributed by atoms with Gasteiger partial charge in [-0.3, -0.25) is 4.79 Å². The van der Waals surface area contributed by atoms with E-state index in [1.54, 1.807) is 6.07 Å². The molecule has 0 atom stereocenters. The van der Waals surface area contributed by atoms with Crippen molar-refractivity contribution in [3.8, 4) is 0 Å². The summed E-state index contributed by atoms with van der Waals surface area (Å²) in [6.07, 6.45) is 4.16. The second kappa shape index (κ2) is 3.36. The van der Waals surface area contributed by atoms with Crippen molar-refractivity contribution in [2.75, 3.05) is 12.3 Å². The van der Waals surface area contributed by atoms with Crippen LogP contribution in [0.4, 0.5) is 5.69 Å². The number of nitrogens with zero attached hydrogens (tertiary/aromatic N) is 1. The molecule has 0 radical (unpaired) electrons. The second-order valence-corrected chi connectivity index (χ2v) is 3.66. The van der Waals surface area contributed by atoms with Gasteiger partial charge in [-0.05, 0) is 25.8 Å². The van der Waals surface area contributed by atoms with Gasteiger partial charge < -0.3 is 15.6 Å². The summed E-state index contributed by atoms with van der Waals surface area (Å²) < 4.78 is 1.99. The molecule has 1 aromatic heterocycles. The van der Waals surface area contributed by atoms with E-state index in [0.717, 1.165) is 12.8 Å². The smallest absolute Gasteiger partial charge is 0.267 e. The largest absolute Gasteiger partial charge is 0.397 e. The van der Waals surface area contributed by atoms with Gasteiger partial charge in [-0.2, -0.15) is 0 Å². The Balaban J connectivity index is 2.26. The van der Waals surface area contributed by atoms with E-state index in [9.17, 15) is 4.79 Å². The van der Waals surface area contributed by atoms with Crippen molar-refractivity contribution in [3.63, 3.8) is 0 Å². The van der Waals surface area contributed by atoms with Crippen LogP contribution in [-0.4, -0.2) is 17.0 Å². The highest BCUT2D eigenvalue weighted by molar-refractivity contribution is 5.93.